The molecule has 1 atom stereocenters. The standard InChI is InChI=1S/C15H21NO2/c1-6-13(17)15(16)12-7-10(4)14(18-5)8-11(12)9(2)3/h6-9,15H,1,16H2,2-5H3. The molecule has 0 aliphatic heterocycles. The highest BCUT2D eigenvalue weighted by atomic mass is 16.5. The highest BCUT2D eigenvalue weighted by Gasteiger charge is 2.20. The smallest absolute Gasteiger partial charge is 0.176 e. The summed E-state index contributed by atoms with van der Waals surface area (Å²) in [5, 5.41) is 0. The molecule has 0 radical (unpaired) electrons. The third-order valence-electron chi connectivity index (χ3n) is 3.07. The van der Waals surface area contributed by atoms with Crippen LogP contribution < -0.4 is 10.5 Å². The summed E-state index contributed by atoms with van der Waals surface area (Å²) in [7, 11) is 1.64. The molecule has 0 amide bonds. The lowest BCUT2D eigenvalue weighted by Gasteiger charge is -2.19. The Kier molecular flexibility index (Phi) is 4.68. The quantitative estimate of drug-likeness (QED) is 0.814. The van der Waals surface area contributed by atoms with Gasteiger partial charge in [0.1, 0.15) is 5.75 Å². The molecule has 0 fully saturated rings. The van der Waals surface area contributed by atoms with Crippen LogP contribution in [-0.4, -0.2) is 12.9 Å². The van der Waals surface area contributed by atoms with Gasteiger partial charge in [-0.1, -0.05) is 26.5 Å². The molecule has 0 aliphatic carbocycles. The lowest BCUT2D eigenvalue weighted by Crippen LogP contribution is -2.21. The molecule has 98 valence electrons. The van der Waals surface area contributed by atoms with E-state index in [0.717, 1.165) is 22.4 Å². The van der Waals surface area contributed by atoms with Crippen molar-refractivity contribution in [3.8, 4) is 5.75 Å². The summed E-state index contributed by atoms with van der Waals surface area (Å²) in [6.07, 6.45) is 1.27. The highest BCUT2D eigenvalue weighted by Crippen LogP contribution is 2.31. The maximum Gasteiger partial charge on any atom is 0.176 e. The number of ether oxygens (including phenoxy) is 1. The van der Waals surface area contributed by atoms with Crippen LogP contribution in [0.3, 0.4) is 0 Å². The van der Waals surface area contributed by atoms with Crippen LogP contribution in [0.2, 0.25) is 0 Å². The number of nitrogens with two attached hydrogens (primary N) is 1. The summed E-state index contributed by atoms with van der Waals surface area (Å²) < 4.78 is 5.31. The van der Waals surface area contributed by atoms with Crippen LogP contribution in [0.4, 0.5) is 0 Å². The second-order valence-corrected chi connectivity index (χ2v) is 4.69. The maximum absolute atomic E-state index is 11.7. The topological polar surface area (TPSA) is 52.3 Å². The molecule has 1 aromatic rings. The molecule has 0 aromatic heterocycles. The molecule has 1 aromatic carbocycles. The van der Waals surface area contributed by atoms with Gasteiger partial charge in [0.2, 0.25) is 0 Å². The molecule has 0 saturated heterocycles. The Balaban J connectivity index is 3.37. The maximum atomic E-state index is 11.7. The van der Waals surface area contributed by atoms with Gasteiger partial charge in [0.25, 0.3) is 0 Å². The Labute approximate surface area is 109 Å². The predicted molar refractivity (Wildman–Crippen MR) is 74.0 cm³/mol. The number of hydrogen-bond acceptors (Lipinski definition) is 3. The molecule has 0 bridgehead atoms. The van der Waals surface area contributed by atoms with Crippen molar-refractivity contribution in [2.45, 2.75) is 32.7 Å². The van der Waals surface area contributed by atoms with E-state index >= 15 is 0 Å². The van der Waals surface area contributed by atoms with Crippen LogP contribution in [0, 0.1) is 6.92 Å². The van der Waals surface area contributed by atoms with Crippen molar-refractivity contribution in [2.75, 3.05) is 7.11 Å². The van der Waals surface area contributed by atoms with Crippen LogP contribution in [0.1, 0.15) is 42.5 Å². The molecule has 2 N–H and O–H groups in total. The average molecular weight is 247 g/mol. The largest absolute Gasteiger partial charge is 0.496 e. The number of ketones is 1. The second kappa shape index (κ2) is 5.83. The molecule has 0 heterocycles. The Morgan fingerprint density at radius 1 is 1.39 bits per heavy atom. The van der Waals surface area contributed by atoms with Crippen molar-refractivity contribution in [1.82, 2.24) is 0 Å². The van der Waals surface area contributed by atoms with E-state index in [4.69, 9.17) is 10.5 Å². The van der Waals surface area contributed by atoms with Gasteiger partial charge in [-0.05, 0) is 41.7 Å². The minimum atomic E-state index is -0.649. The summed E-state index contributed by atoms with van der Waals surface area (Å²) in [5.74, 6) is 0.931. The van der Waals surface area contributed by atoms with E-state index in [2.05, 4.69) is 20.4 Å². The van der Waals surface area contributed by atoms with E-state index in [1.807, 2.05) is 19.1 Å². The first-order valence-electron chi connectivity index (χ1n) is 6.02. The van der Waals surface area contributed by atoms with E-state index in [0.29, 0.717) is 0 Å². The molecule has 1 unspecified atom stereocenters. The van der Waals surface area contributed by atoms with Gasteiger partial charge in [0.15, 0.2) is 5.78 Å². The van der Waals surface area contributed by atoms with E-state index in [1.165, 1.54) is 6.08 Å². The highest BCUT2D eigenvalue weighted by molar-refractivity contribution is 5.94. The van der Waals surface area contributed by atoms with Crippen LogP contribution in [0.15, 0.2) is 24.8 Å². The third-order valence-corrected chi connectivity index (χ3v) is 3.07. The molecule has 3 heteroatoms. The first-order chi connectivity index (χ1) is 8.42. The number of aryl methyl sites for hydroxylation is 1. The first kappa shape index (κ1) is 14.5. The molecule has 0 saturated carbocycles. The number of methoxy groups -OCH3 is 1. The van der Waals surface area contributed by atoms with Gasteiger partial charge < -0.3 is 10.5 Å². The summed E-state index contributed by atoms with van der Waals surface area (Å²) >= 11 is 0. The van der Waals surface area contributed by atoms with Crippen molar-refractivity contribution in [3.63, 3.8) is 0 Å². The Hall–Kier alpha value is -1.61. The molecule has 0 spiro atoms. The lowest BCUT2D eigenvalue weighted by atomic mass is 9.89. The third kappa shape index (κ3) is 2.79. The summed E-state index contributed by atoms with van der Waals surface area (Å²) in [5.41, 5.74) is 8.86. The molecule has 0 aliphatic rings. The zero-order chi connectivity index (χ0) is 13.9. The molecular weight excluding hydrogens is 226 g/mol. The molecule has 18 heavy (non-hydrogen) atoms. The van der Waals surface area contributed by atoms with Crippen LogP contribution >= 0.6 is 0 Å². The van der Waals surface area contributed by atoms with Gasteiger partial charge in [-0.2, -0.15) is 0 Å². The summed E-state index contributed by atoms with van der Waals surface area (Å²) in [6.45, 7) is 9.56. The number of carbonyl (C=O) groups excluding carboxylic acids is 1. The number of benzene rings is 1. The zero-order valence-electron chi connectivity index (χ0n) is 11.5. The minimum Gasteiger partial charge on any atom is -0.496 e. The SMILES string of the molecule is C=CC(=O)C(N)c1cc(C)c(OC)cc1C(C)C. The second-order valence-electron chi connectivity index (χ2n) is 4.69. The van der Waals surface area contributed by atoms with E-state index in [1.54, 1.807) is 7.11 Å². The van der Waals surface area contributed by atoms with Gasteiger partial charge >= 0.3 is 0 Å². The van der Waals surface area contributed by atoms with E-state index < -0.39 is 6.04 Å². The van der Waals surface area contributed by atoms with Crippen LogP contribution in [0.25, 0.3) is 0 Å². The van der Waals surface area contributed by atoms with Gasteiger partial charge in [0, 0.05) is 0 Å². The monoisotopic (exact) mass is 247 g/mol. The molecular formula is C15H21NO2. The minimum absolute atomic E-state index is 0.165. The fourth-order valence-electron chi connectivity index (χ4n) is 2.00. The van der Waals surface area contributed by atoms with Crippen molar-refractivity contribution in [2.24, 2.45) is 5.73 Å². The number of carbonyl (C=O) groups is 1. The van der Waals surface area contributed by atoms with Crippen molar-refractivity contribution in [3.05, 3.63) is 41.5 Å². The van der Waals surface area contributed by atoms with E-state index in [-0.39, 0.29) is 11.7 Å². The first-order valence-corrected chi connectivity index (χ1v) is 6.02. The predicted octanol–water partition coefficient (Wildman–Crippen LogP) is 2.88. The molecule has 3 nitrogen and oxygen atoms in total. The van der Waals surface area contributed by atoms with Crippen molar-refractivity contribution in [1.29, 1.82) is 0 Å². The number of hydrogen-bond donors (Lipinski definition) is 1. The number of rotatable bonds is 5. The Morgan fingerprint density at radius 2 is 2.00 bits per heavy atom. The van der Waals surface area contributed by atoms with Gasteiger partial charge in [0.05, 0.1) is 13.2 Å². The zero-order valence-corrected chi connectivity index (χ0v) is 11.5. The average Bonchev–Trinajstić information content (AvgIpc) is 2.36. The summed E-state index contributed by atoms with van der Waals surface area (Å²) in [4.78, 5) is 11.7. The van der Waals surface area contributed by atoms with Gasteiger partial charge in [-0.25, -0.2) is 0 Å². The van der Waals surface area contributed by atoms with Crippen LogP contribution in [0.5, 0.6) is 5.75 Å². The fraction of sp³-hybridized carbons (Fsp3) is 0.400. The lowest BCUT2D eigenvalue weighted by molar-refractivity contribution is -0.115. The van der Waals surface area contributed by atoms with Gasteiger partial charge in [-0.15, -0.1) is 0 Å². The molecule has 1 rings (SSSR count). The summed E-state index contributed by atoms with van der Waals surface area (Å²) in [6, 6.07) is 3.25. The normalized spacial score (nSPS) is 12.3. The van der Waals surface area contributed by atoms with Crippen molar-refractivity contribution < 1.29 is 9.53 Å². The fourth-order valence-corrected chi connectivity index (χ4v) is 2.00. The Bertz CT molecular complexity index is 464. The Morgan fingerprint density at radius 3 is 2.44 bits per heavy atom. The van der Waals surface area contributed by atoms with Gasteiger partial charge in [-0.3, -0.25) is 4.79 Å². The van der Waals surface area contributed by atoms with E-state index in [9.17, 15) is 4.79 Å². The van der Waals surface area contributed by atoms with Crippen molar-refractivity contribution >= 4 is 5.78 Å². The van der Waals surface area contributed by atoms with Crippen LogP contribution in [-0.2, 0) is 4.79 Å².